The number of piperidine rings is 1. The molecule has 1 aromatic rings. The fourth-order valence-electron chi connectivity index (χ4n) is 2.57. The summed E-state index contributed by atoms with van der Waals surface area (Å²) in [5, 5.41) is 0.0449. The van der Waals surface area contributed by atoms with Gasteiger partial charge in [-0.05, 0) is 44.0 Å². The number of hydrogen-bond donors (Lipinski definition) is 1. The molecule has 1 heterocycles. The van der Waals surface area contributed by atoms with E-state index in [0.29, 0.717) is 19.5 Å². The highest BCUT2D eigenvalue weighted by atomic mass is 35.5. The second-order valence-corrected chi connectivity index (χ2v) is 7.18. The van der Waals surface area contributed by atoms with E-state index in [1.165, 1.54) is 10.4 Å². The number of sulfonamides is 1. The Balaban J connectivity index is 2.39. The number of rotatable bonds is 4. The first-order valence-corrected chi connectivity index (χ1v) is 8.45. The van der Waals surface area contributed by atoms with Crippen LogP contribution in [0.15, 0.2) is 23.1 Å². The lowest BCUT2D eigenvalue weighted by atomic mass is 10.0. The molecule has 1 aliphatic heterocycles. The summed E-state index contributed by atoms with van der Waals surface area (Å²) in [5.41, 5.74) is 5.55. The summed E-state index contributed by atoms with van der Waals surface area (Å²) in [6, 6.07) is 3.27. The van der Waals surface area contributed by atoms with E-state index in [2.05, 4.69) is 0 Å². The third-order valence-corrected chi connectivity index (χ3v) is 5.99. The first-order chi connectivity index (χ1) is 9.46. The quantitative estimate of drug-likeness (QED) is 0.926. The molecule has 7 heteroatoms. The topological polar surface area (TPSA) is 63.4 Å². The Morgan fingerprint density at radius 1 is 1.40 bits per heavy atom. The van der Waals surface area contributed by atoms with Crippen molar-refractivity contribution in [1.29, 1.82) is 0 Å². The fourth-order valence-corrected chi connectivity index (χ4v) is 4.78. The third-order valence-electron chi connectivity index (χ3n) is 3.55. The standard InChI is InChI=1S/C13H18ClFN2O2S/c14-12-5-4-10(15)9-13(12)20(18,19)17-8-2-1-3-11(17)6-7-16/h4-5,9,11H,1-3,6-8,16H2. The van der Waals surface area contributed by atoms with Crippen LogP contribution in [-0.2, 0) is 10.0 Å². The summed E-state index contributed by atoms with van der Waals surface area (Å²) in [4.78, 5) is -0.164. The van der Waals surface area contributed by atoms with Crippen LogP contribution in [0.1, 0.15) is 25.7 Å². The maximum Gasteiger partial charge on any atom is 0.244 e. The Kier molecular flexibility index (Phi) is 5.01. The number of nitrogens with zero attached hydrogens (tertiary/aromatic N) is 1. The first-order valence-electron chi connectivity index (χ1n) is 6.64. The van der Waals surface area contributed by atoms with E-state index >= 15 is 0 Å². The molecule has 0 amide bonds. The molecule has 1 aliphatic rings. The van der Waals surface area contributed by atoms with Gasteiger partial charge in [0, 0.05) is 12.6 Å². The van der Waals surface area contributed by atoms with Crippen LogP contribution >= 0.6 is 11.6 Å². The van der Waals surface area contributed by atoms with E-state index in [-0.39, 0.29) is 16.0 Å². The monoisotopic (exact) mass is 320 g/mol. The van der Waals surface area contributed by atoms with E-state index in [1.807, 2.05) is 0 Å². The second kappa shape index (κ2) is 6.39. The van der Waals surface area contributed by atoms with Crippen molar-refractivity contribution in [3.8, 4) is 0 Å². The molecule has 20 heavy (non-hydrogen) atoms. The molecule has 0 radical (unpaired) electrons. The molecule has 2 N–H and O–H groups in total. The Bertz CT molecular complexity index is 578. The van der Waals surface area contributed by atoms with E-state index in [4.69, 9.17) is 17.3 Å². The van der Waals surface area contributed by atoms with E-state index < -0.39 is 15.8 Å². The largest absolute Gasteiger partial charge is 0.330 e. The zero-order valence-corrected chi connectivity index (χ0v) is 12.6. The Morgan fingerprint density at radius 2 is 2.15 bits per heavy atom. The Hall–Kier alpha value is -0.690. The highest BCUT2D eigenvalue weighted by molar-refractivity contribution is 7.89. The van der Waals surface area contributed by atoms with Crippen molar-refractivity contribution in [3.63, 3.8) is 0 Å². The van der Waals surface area contributed by atoms with Crippen LogP contribution in [-0.4, -0.2) is 31.9 Å². The molecule has 0 bridgehead atoms. The van der Waals surface area contributed by atoms with Crippen molar-refractivity contribution in [2.75, 3.05) is 13.1 Å². The fraction of sp³-hybridized carbons (Fsp3) is 0.538. The zero-order chi connectivity index (χ0) is 14.8. The van der Waals surface area contributed by atoms with Gasteiger partial charge < -0.3 is 5.73 Å². The van der Waals surface area contributed by atoms with Crippen LogP contribution in [0.25, 0.3) is 0 Å². The molecule has 1 atom stereocenters. The maximum absolute atomic E-state index is 13.3. The number of halogens is 2. The highest BCUT2D eigenvalue weighted by Gasteiger charge is 2.34. The molecule has 1 saturated heterocycles. The number of nitrogens with two attached hydrogens (primary N) is 1. The van der Waals surface area contributed by atoms with Gasteiger partial charge in [-0.15, -0.1) is 0 Å². The maximum atomic E-state index is 13.3. The van der Waals surface area contributed by atoms with Crippen LogP contribution in [0.2, 0.25) is 5.02 Å². The minimum absolute atomic E-state index is 0.0449. The lowest BCUT2D eigenvalue weighted by Crippen LogP contribution is -2.44. The molecule has 0 aliphatic carbocycles. The summed E-state index contributed by atoms with van der Waals surface area (Å²) in [7, 11) is -3.78. The van der Waals surface area contributed by atoms with Gasteiger partial charge in [-0.3, -0.25) is 0 Å². The van der Waals surface area contributed by atoms with Crippen molar-refractivity contribution in [2.24, 2.45) is 5.73 Å². The van der Waals surface area contributed by atoms with Gasteiger partial charge >= 0.3 is 0 Å². The summed E-state index contributed by atoms with van der Waals surface area (Å²) in [6.07, 6.45) is 3.16. The number of benzene rings is 1. The molecule has 1 fully saturated rings. The van der Waals surface area contributed by atoms with Gasteiger partial charge in [0.05, 0.1) is 5.02 Å². The van der Waals surface area contributed by atoms with Gasteiger partial charge in [-0.1, -0.05) is 18.0 Å². The molecule has 1 aromatic carbocycles. The number of hydrogen-bond acceptors (Lipinski definition) is 3. The van der Waals surface area contributed by atoms with Crippen molar-refractivity contribution in [3.05, 3.63) is 29.0 Å². The van der Waals surface area contributed by atoms with Crippen LogP contribution < -0.4 is 5.73 Å². The molecular weight excluding hydrogens is 303 g/mol. The predicted octanol–water partition coefficient (Wildman–Crippen LogP) is 2.37. The zero-order valence-electron chi connectivity index (χ0n) is 11.1. The summed E-state index contributed by atoms with van der Waals surface area (Å²) in [5.74, 6) is -0.611. The van der Waals surface area contributed by atoms with Crippen molar-refractivity contribution < 1.29 is 12.8 Å². The predicted molar refractivity (Wildman–Crippen MR) is 76.6 cm³/mol. The normalized spacial score (nSPS) is 21.1. The smallest absolute Gasteiger partial charge is 0.244 e. The average molecular weight is 321 g/mol. The second-order valence-electron chi connectivity index (χ2n) is 4.92. The average Bonchev–Trinajstić information content (AvgIpc) is 2.42. The Labute approximate surface area is 123 Å². The molecule has 112 valence electrons. The van der Waals surface area contributed by atoms with Gasteiger partial charge in [-0.25, -0.2) is 12.8 Å². The van der Waals surface area contributed by atoms with Gasteiger partial charge in [0.25, 0.3) is 0 Å². The SMILES string of the molecule is NCCC1CCCCN1S(=O)(=O)c1cc(F)ccc1Cl. The first kappa shape index (κ1) is 15.7. The van der Waals surface area contributed by atoms with Gasteiger partial charge in [-0.2, -0.15) is 4.31 Å². The van der Waals surface area contributed by atoms with Crippen LogP contribution in [0, 0.1) is 5.82 Å². The molecule has 1 unspecified atom stereocenters. The highest BCUT2D eigenvalue weighted by Crippen LogP contribution is 2.30. The van der Waals surface area contributed by atoms with Gasteiger partial charge in [0.1, 0.15) is 10.7 Å². The van der Waals surface area contributed by atoms with E-state index in [1.54, 1.807) is 0 Å². The van der Waals surface area contributed by atoms with E-state index in [0.717, 1.165) is 31.4 Å². The molecule has 2 rings (SSSR count). The van der Waals surface area contributed by atoms with Gasteiger partial charge in [0.15, 0.2) is 0 Å². The molecular formula is C13H18ClFN2O2S. The van der Waals surface area contributed by atoms with Crippen molar-refractivity contribution >= 4 is 21.6 Å². The third kappa shape index (κ3) is 3.14. The van der Waals surface area contributed by atoms with E-state index in [9.17, 15) is 12.8 Å². The lowest BCUT2D eigenvalue weighted by molar-refractivity contribution is 0.243. The van der Waals surface area contributed by atoms with Crippen molar-refractivity contribution in [1.82, 2.24) is 4.31 Å². The molecule has 0 spiro atoms. The van der Waals surface area contributed by atoms with Crippen molar-refractivity contribution in [2.45, 2.75) is 36.6 Å². The summed E-state index contributed by atoms with van der Waals surface area (Å²) < 4.78 is 40.1. The Morgan fingerprint density at radius 3 is 2.85 bits per heavy atom. The summed E-state index contributed by atoms with van der Waals surface area (Å²) >= 11 is 5.93. The van der Waals surface area contributed by atoms with Crippen LogP contribution in [0.5, 0.6) is 0 Å². The minimum atomic E-state index is -3.78. The summed E-state index contributed by atoms with van der Waals surface area (Å²) in [6.45, 7) is 0.855. The molecule has 0 aromatic heterocycles. The lowest BCUT2D eigenvalue weighted by Gasteiger charge is -2.34. The van der Waals surface area contributed by atoms with Crippen LogP contribution in [0.3, 0.4) is 0 Å². The molecule has 4 nitrogen and oxygen atoms in total. The van der Waals surface area contributed by atoms with Crippen LogP contribution in [0.4, 0.5) is 4.39 Å². The minimum Gasteiger partial charge on any atom is -0.330 e. The van der Waals surface area contributed by atoms with Gasteiger partial charge in [0.2, 0.25) is 10.0 Å². The molecule has 0 saturated carbocycles.